The normalized spacial score (nSPS) is 19.8. The van der Waals surface area contributed by atoms with Crippen molar-refractivity contribution in [2.45, 2.75) is 38.3 Å². The third kappa shape index (κ3) is 3.85. The van der Waals surface area contributed by atoms with Crippen LogP contribution in [0.5, 0.6) is 5.75 Å². The first-order valence-corrected chi connectivity index (χ1v) is 6.91. The zero-order valence-electron chi connectivity index (χ0n) is 11.0. The van der Waals surface area contributed by atoms with E-state index in [1.165, 1.54) is 0 Å². The fourth-order valence-corrected chi connectivity index (χ4v) is 2.40. The number of carbonyl (C=O) groups excluding carboxylic acids is 1. The summed E-state index contributed by atoms with van der Waals surface area (Å²) in [7, 11) is 0. The maximum Gasteiger partial charge on any atom is 0.222 e. The van der Waals surface area contributed by atoms with Crippen LogP contribution in [0.2, 0.25) is 5.02 Å². The van der Waals surface area contributed by atoms with E-state index >= 15 is 0 Å². The second-order valence-corrected chi connectivity index (χ2v) is 5.41. The SMILES string of the molecule is CC(N)CC(=O)NC1CCCOc2cc(Cl)ccc21. The summed E-state index contributed by atoms with van der Waals surface area (Å²) in [4.78, 5) is 11.9. The Balaban J connectivity index is 2.15. The number of carbonyl (C=O) groups is 1. The molecule has 1 aromatic rings. The molecule has 1 aliphatic heterocycles. The van der Waals surface area contributed by atoms with Gasteiger partial charge in [-0.3, -0.25) is 4.79 Å². The van der Waals surface area contributed by atoms with Crippen LogP contribution in [0.25, 0.3) is 0 Å². The Labute approximate surface area is 118 Å². The fourth-order valence-electron chi connectivity index (χ4n) is 2.24. The van der Waals surface area contributed by atoms with E-state index in [-0.39, 0.29) is 18.0 Å². The first-order chi connectivity index (χ1) is 9.06. The highest BCUT2D eigenvalue weighted by molar-refractivity contribution is 6.30. The van der Waals surface area contributed by atoms with E-state index in [9.17, 15) is 4.79 Å². The number of rotatable bonds is 3. The Morgan fingerprint density at radius 3 is 3.16 bits per heavy atom. The third-order valence-corrected chi connectivity index (χ3v) is 3.32. The Morgan fingerprint density at radius 1 is 1.63 bits per heavy atom. The van der Waals surface area contributed by atoms with Crippen molar-refractivity contribution in [2.75, 3.05) is 6.61 Å². The van der Waals surface area contributed by atoms with E-state index in [1.807, 2.05) is 19.1 Å². The van der Waals surface area contributed by atoms with E-state index in [0.717, 1.165) is 24.2 Å². The van der Waals surface area contributed by atoms with Gasteiger partial charge in [0.1, 0.15) is 5.75 Å². The lowest BCUT2D eigenvalue weighted by Crippen LogP contribution is -2.32. The van der Waals surface area contributed by atoms with Gasteiger partial charge in [-0.15, -0.1) is 0 Å². The number of ether oxygens (including phenoxy) is 1. The molecule has 1 heterocycles. The summed E-state index contributed by atoms with van der Waals surface area (Å²) < 4.78 is 5.66. The zero-order chi connectivity index (χ0) is 13.8. The molecular weight excluding hydrogens is 264 g/mol. The second-order valence-electron chi connectivity index (χ2n) is 4.97. The smallest absolute Gasteiger partial charge is 0.222 e. The van der Waals surface area contributed by atoms with Crippen molar-refractivity contribution in [2.24, 2.45) is 5.73 Å². The van der Waals surface area contributed by atoms with Gasteiger partial charge < -0.3 is 15.8 Å². The van der Waals surface area contributed by atoms with Gasteiger partial charge in [-0.1, -0.05) is 17.7 Å². The predicted octanol–water partition coefficient (Wildman–Crippen LogP) is 2.41. The number of nitrogens with one attached hydrogen (secondary N) is 1. The van der Waals surface area contributed by atoms with Gasteiger partial charge in [0, 0.05) is 23.0 Å². The lowest BCUT2D eigenvalue weighted by atomic mass is 10.0. The Hall–Kier alpha value is -1.26. The Kier molecular flexibility index (Phi) is 4.66. The molecule has 2 rings (SSSR count). The predicted molar refractivity (Wildman–Crippen MR) is 75.3 cm³/mol. The summed E-state index contributed by atoms with van der Waals surface area (Å²) in [6.45, 7) is 2.47. The van der Waals surface area contributed by atoms with Crippen LogP contribution in [0.15, 0.2) is 18.2 Å². The molecule has 19 heavy (non-hydrogen) atoms. The van der Waals surface area contributed by atoms with Crippen LogP contribution in [0.1, 0.15) is 37.8 Å². The summed E-state index contributed by atoms with van der Waals surface area (Å²) in [6.07, 6.45) is 2.09. The summed E-state index contributed by atoms with van der Waals surface area (Å²) >= 11 is 5.97. The van der Waals surface area contributed by atoms with Crippen molar-refractivity contribution in [1.29, 1.82) is 0 Å². The molecule has 2 atom stereocenters. The number of hydrogen-bond donors (Lipinski definition) is 2. The third-order valence-electron chi connectivity index (χ3n) is 3.09. The number of fused-ring (bicyclic) bond motifs is 1. The van der Waals surface area contributed by atoms with Crippen molar-refractivity contribution in [1.82, 2.24) is 5.32 Å². The van der Waals surface area contributed by atoms with Crippen LogP contribution in [0.3, 0.4) is 0 Å². The minimum Gasteiger partial charge on any atom is -0.493 e. The van der Waals surface area contributed by atoms with Gasteiger partial charge in [-0.25, -0.2) is 0 Å². The van der Waals surface area contributed by atoms with Crippen molar-refractivity contribution in [3.05, 3.63) is 28.8 Å². The molecule has 5 heteroatoms. The van der Waals surface area contributed by atoms with E-state index in [0.29, 0.717) is 18.1 Å². The number of nitrogens with two attached hydrogens (primary N) is 1. The highest BCUT2D eigenvalue weighted by Crippen LogP contribution is 2.33. The zero-order valence-corrected chi connectivity index (χ0v) is 11.7. The number of benzene rings is 1. The lowest BCUT2D eigenvalue weighted by molar-refractivity contribution is -0.122. The fraction of sp³-hybridized carbons (Fsp3) is 0.500. The molecule has 2 unspecified atom stereocenters. The number of halogens is 1. The lowest BCUT2D eigenvalue weighted by Gasteiger charge is -2.19. The van der Waals surface area contributed by atoms with Gasteiger partial charge in [-0.2, -0.15) is 0 Å². The molecule has 1 aliphatic rings. The minimum absolute atomic E-state index is 0.0252. The summed E-state index contributed by atoms with van der Waals surface area (Å²) in [5.41, 5.74) is 6.63. The molecule has 0 spiro atoms. The summed E-state index contributed by atoms with van der Waals surface area (Å²) in [5.74, 6) is 0.735. The van der Waals surface area contributed by atoms with Gasteiger partial charge in [0.2, 0.25) is 5.91 Å². The quantitative estimate of drug-likeness (QED) is 0.895. The maximum absolute atomic E-state index is 11.9. The highest BCUT2D eigenvalue weighted by Gasteiger charge is 2.21. The van der Waals surface area contributed by atoms with Gasteiger partial charge in [0.25, 0.3) is 0 Å². The van der Waals surface area contributed by atoms with Crippen molar-refractivity contribution in [3.8, 4) is 5.75 Å². The van der Waals surface area contributed by atoms with Crippen LogP contribution >= 0.6 is 11.6 Å². The van der Waals surface area contributed by atoms with Gasteiger partial charge in [-0.05, 0) is 31.9 Å². The van der Waals surface area contributed by atoms with E-state index < -0.39 is 0 Å². The molecule has 0 aliphatic carbocycles. The molecule has 0 radical (unpaired) electrons. The van der Waals surface area contributed by atoms with Crippen molar-refractivity contribution in [3.63, 3.8) is 0 Å². The van der Waals surface area contributed by atoms with Crippen LogP contribution in [-0.4, -0.2) is 18.6 Å². The first-order valence-electron chi connectivity index (χ1n) is 6.53. The van der Waals surface area contributed by atoms with Gasteiger partial charge >= 0.3 is 0 Å². The van der Waals surface area contributed by atoms with Gasteiger partial charge in [0.15, 0.2) is 0 Å². The Bertz CT molecular complexity index is 463. The van der Waals surface area contributed by atoms with Crippen molar-refractivity contribution < 1.29 is 9.53 Å². The topological polar surface area (TPSA) is 64.4 Å². The molecule has 1 amide bonds. The van der Waals surface area contributed by atoms with Crippen LogP contribution in [-0.2, 0) is 4.79 Å². The van der Waals surface area contributed by atoms with Crippen LogP contribution in [0, 0.1) is 0 Å². The second kappa shape index (κ2) is 6.26. The van der Waals surface area contributed by atoms with E-state index in [4.69, 9.17) is 22.1 Å². The summed E-state index contributed by atoms with van der Waals surface area (Å²) in [6, 6.07) is 5.37. The van der Waals surface area contributed by atoms with E-state index in [2.05, 4.69) is 5.32 Å². The molecule has 1 aromatic carbocycles. The van der Waals surface area contributed by atoms with E-state index in [1.54, 1.807) is 6.07 Å². The average Bonchev–Trinajstić information content (AvgIpc) is 2.50. The molecule has 3 N–H and O–H groups in total. The van der Waals surface area contributed by atoms with Crippen LogP contribution < -0.4 is 15.8 Å². The van der Waals surface area contributed by atoms with Gasteiger partial charge in [0.05, 0.1) is 12.6 Å². The molecule has 0 saturated heterocycles. The monoisotopic (exact) mass is 282 g/mol. The molecular formula is C14H19ClN2O2. The molecule has 0 saturated carbocycles. The molecule has 0 fully saturated rings. The number of amides is 1. The van der Waals surface area contributed by atoms with Crippen molar-refractivity contribution >= 4 is 17.5 Å². The standard InChI is InChI=1S/C14H19ClN2O2/c1-9(16)7-14(18)17-12-3-2-6-19-13-8-10(15)4-5-11(12)13/h4-5,8-9,12H,2-3,6-7,16H2,1H3,(H,17,18). The highest BCUT2D eigenvalue weighted by atomic mass is 35.5. The molecule has 0 bridgehead atoms. The maximum atomic E-state index is 11.9. The first kappa shape index (κ1) is 14.2. The summed E-state index contributed by atoms with van der Waals surface area (Å²) in [5, 5.41) is 3.66. The number of hydrogen-bond acceptors (Lipinski definition) is 3. The molecule has 104 valence electrons. The molecule has 0 aromatic heterocycles. The van der Waals surface area contributed by atoms with Crippen LogP contribution in [0.4, 0.5) is 0 Å². The minimum atomic E-state index is -0.133. The average molecular weight is 283 g/mol. The molecule has 4 nitrogen and oxygen atoms in total. The Morgan fingerprint density at radius 2 is 2.42 bits per heavy atom. The largest absolute Gasteiger partial charge is 0.493 e.